The molecule has 0 saturated carbocycles. The fourth-order valence-corrected chi connectivity index (χ4v) is 3.57. The van der Waals surface area contributed by atoms with Gasteiger partial charge in [0.1, 0.15) is 0 Å². The Balaban J connectivity index is 1.66. The number of rotatable bonds is 2. The highest BCUT2D eigenvalue weighted by molar-refractivity contribution is 5.94. The molecular formula is C19H26N2O3. The van der Waals surface area contributed by atoms with Crippen molar-refractivity contribution in [1.82, 2.24) is 9.80 Å². The van der Waals surface area contributed by atoms with Gasteiger partial charge >= 0.3 is 6.09 Å². The fourth-order valence-electron chi connectivity index (χ4n) is 3.57. The van der Waals surface area contributed by atoms with Crippen LogP contribution in [-0.2, 0) is 17.6 Å². The van der Waals surface area contributed by atoms with Crippen LogP contribution in [0.2, 0.25) is 0 Å². The molecule has 2 amide bonds. The van der Waals surface area contributed by atoms with Crippen molar-refractivity contribution in [2.45, 2.75) is 39.0 Å². The summed E-state index contributed by atoms with van der Waals surface area (Å²) in [5.74, 6) is 0.0779. The standard InChI is InChI=1S/C19H26N2O3/c1-2-24-19(23)21-11-5-10-20(12-13-21)18(22)17-9-8-15-6-3-4-7-16(15)14-17/h8-9,14H,2-7,10-13H2,1H3. The quantitative estimate of drug-likeness (QED) is 0.838. The summed E-state index contributed by atoms with van der Waals surface area (Å²) in [7, 11) is 0. The smallest absolute Gasteiger partial charge is 0.409 e. The molecule has 1 aliphatic carbocycles. The van der Waals surface area contributed by atoms with Gasteiger partial charge in [0.05, 0.1) is 6.61 Å². The van der Waals surface area contributed by atoms with Crippen LogP contribution in [0.5, 0.6) is 0 Å². The molecule has 0 spiro atoms. The van der Waals surface area contributed by atoms with Gasteiger partial charge in [-0.15, -0.1) is 0 Å². The number of ether oxygens (including phenoxy) is 1. The summed E-state index contributed by atoms with van der Waals surface area (Å²) in [4.78, 5) is 28.3. The van der Waals surface area contributed by atoms with Crippen molar-refractivity contribution in [2.24, 2.45) is 0 Å². The van der Waals surface area contributed by atoms with Crippen LogP contribution >= 0.6 is 0 Å². The van der Waals surface area contributed by atoms with Crippen LogP contribution in [0.3, 0.4) is 0 Å². The number of amides is 2. The lowest BCUT2D eigenvalue weighted by Crippen LogP contribution is -2.37. The lowest BCUT2D eigenvalue weighted by Gasteiger charge is -2.23. The molecule has 1 aliphatic heterocycles. The molecule has 0 unspecified atom stereocenters. The van der Waals surface area contributed by atoms with Crippen LogP contribution in [0.25, 0.3) is 0 Å². The second kappa shape index (κ2) is 7.69. The summed E-state index contributed by atoms with van der Waals surface area (Å²) < 4.78 is 5.06. The van der Waals surface area contributed by atoms with E-state index in [-0.39, 0.29) is 12.0 Å². The minimum atomic E-state index is -0.277. The molecule has 0 atom stereocenters. The van der Waals surface area contributed by atoms with Gasteiger partial charge in [-0.25, -0.2) is 4.79 Å². The first-order valence-electron chi connectivity index (χ1n) is 9.02. The van der Waals surface area contributed by atoms with Crippen molar-refractivity contribution in [2.75, 3.05) is 32.8 Å². The third-order valence-corrected chi connectivity index (χ3v) is 4.90. The van der Waals surface area contributed by atoms with E-state index in [9.17, 15) is 9.59 Å². The highest BCUT2D eigenvalue weighted by atomic mass is 16.6. The summed E-state index contributed by atoms with van der Waals surface area (Å²) in [5, 5.41) is 0. The minimum Gasteiger partial charge on any atom is -0.450 e. The predicted molar refractivity (Wildman–Crippen MR) is 92.2 cm³/mol. The molecule has 1 fully saturated rings. The third-order valence-electron chi connectivity index (χ3n) is 4.90. The Morgan fingerprint density at radius 2 is 1.67 bits per heavy atom. The highest BCUT2D eigenvalue weighted by Crippen LogP contribution is 2.23. The maximum Gasteiger partial charge on any atom is 0.409 e. The van der Waals surface area contributed by atoms with Crippen molar-refractivity contribution < 1.29 is 14.3 Å². The number of fused-ring (bicyclic) bond motifs is 1. The van der Waals surface area contributed by atoms with Crippen molar-refractivity contribution in [3.05, 3.63) is 34.9 Å². The molecule has 2 aliphatic rings. The zero-order valence-electron chi connectivity index (χ0n) is 14.4. The normalized spacial score (nSPS) is 17.9. The first-order valence-corrected chi connectivity index (χ1v) is 9.02. The number of benzene rings is 1. The SMILES string of the molecule is CCOC(=O)N1CCCN(C(=O)c2ccc3c(c2)CCCC3)CC1. The van der Waals surface area contributed by atoms with Crippen LogP contribution in [0.4, 0.5) is 4.79 Å². The largest absolute Gasteiger partial charge is 0.450 e. The van der Waals surface area contributed by atoms with Crippen molar-refractivity contribution >= 4 is 12.0 Å². The monoisotopic (exact) mass is 330 g/mol. The van der Waals surface area contributed by atoms with Crippen LogP contribution in [-0.4, -0.2) is 54.6 Å². The molecule has 1 heterocycles. The Labute approximate surface area is 143 Å². The van der Waals surface area contributed by atoms with Crippen molar-refractivity contribution in [1.29, 1.82) is 0 Å². The lowest BCUT2D eigenvalue weighted by molar-refractivity contribution is 0.0753. The molecule has 5 heteroatoms. The van der Waals surface area contributed by atoms with E-state index in [0.29, 0.717) is 32.8 Å². The number of carbonyl (C=O) groups is 2. The first kappa shape index (κ1) is 16.8. The molecular weight excluding hydrogens is 304 g/mol. The molecule has 1 saturated heterocycles. The van der Waals surface area contributed by atoms with Gasteiger partial charge in [-0.3, -0.25) is 4.79 Å². The number of carbonyl (C=O) groups excluding carboxylic acids is 2. The van der Waals surface area contributed by atoms with Crippen LogP contribution in [0, 0.1) is 0 Å². The highest BCUT2D eigenvalue weighted by Gasteiger charge is 2.24. The van der Waals surface area contributed by atoms with E-state index in [1.54, 1.807) is 4.90 Å². The molecule has 0 radical (unpaired) electrons. The lowest BCUT2D eigenvalue weighted by atomic mass is 9.90. The van der Waals surface area contributed by atoms with E-state index in [4.69, 9.17) is 4.74 Å². The molecule has 1 aromatic rings. The van der Waals surface area contributed by atoms with Crippen LogP contribution in [0.15, 0.2) is 18.2 Å². The Morgan fingerprint density at radius 1 is 0.958 bits per heavy atom. The molecule has 0 N–H and O–H groups in total. The van der Waals surface area contributed by atoms with E-state index < -0.39 is 0 Å². The number of aryl methyl sites for hydroxylation is 2. The van der Waals surface area contributed by atoms with E-state index in [1.807, 2.05) is 17.9 Å². The molecule has 24 heavy (non-hydrogen) atoms. The zero-order valence-corrected chi connectivity index (χ0v) is 14.4. The van der Waals surface area contributed by atoms with Gasteiger partial charge in [0.25, 0.3) is 5.91 Å². The Hall–Kier alpha value is -2.04. The van der Waals surface area contributed by atoms with E-state index in [0.717, 1.165) is 24.8 Å². The van der Waals surface area contributed by atoms with Crippen molar-refractivity contribution in [3.8, 4) is 0 Å². The van der Waals surface area contributed by atoms with Crippen LogP contribution < -0.4 is 0 Å². The third kappa shape index (κ3) is 3.71. The first-order chi connectivity index (χ1) is 11.7. The molecule has 1 aromatic carbocycles. The Morgan fingerprint density at radius 3 is 2.46 bits per heavy atom. The molecule has 0 bridgehead atoms. The summed E-state index contributed by atoms with van der Waals surface area (Å²) >= 11 is 0. The van der Waals surface area contributed by atoms with Gasteiger partial charge in [0.2, 0.25) is 0 Å². The summed E-state index contributed by atoms with van der Waals surface area (Å²) in [6.45, 7) is 4.62. The van der Waals surface area contributed by atoms with Gasteiger partial charge in [-0.05, 0) is 62.3 Å². The van der Waals surface area contributed by atoms with Gasteiger partial charge in [0.15, 0.2) is 0 Å². The number of hydrogen-bond acceptors (Lipinski definition) is 3. The van der Waals surface area contributed by atoms with Gasteiger partial charge in [-0.2, -0.15) is 0 Å². The second-order valence-corrected chi connectivity index (χ2v) is 6.52. The maximum atomic E-state index is 12.8. The molecule has 3 rings (SSSR count). The zero-order chi connectivity index (χ0) is 16.9. The van der Waals surface area contributed by atoms with E-state index >= 15 is 0 Å². The van der Waals surface area contributed by atoms with Gasteiger partial charge in [-0.1, -0.05) is 6.07 Å². The van der Waals surface area contributed by atoms with E-state index in [1.165, 1.54) is 24.0 Å². The average Bonchev–Trinajstić information content (AvgIpc) is 2.87. The average molecular weight is 330 g/mol. The molecule has 0 aromatic heterocycles. The minimum absolute atomic E-state index is 0.0779. The summed E-state index contributed by atoms with van der Waals surface area (Å²) in [6.07, 6.45) is 5.17. The number of hydrogen-bond donors (Lipinski definition) is 0. The predicted octanol–water partition coefficient (Wildman–Crippen LogP) is 2.87. The molecule has 130 valence electrons. The number of nitrogens with zero attached hydrogens (tertiary/aromatic N) is 2. The molecule has 5 nitrogen and oxygen atoms in total. The Bertz CT molecular complexity index is 615. The van der Waals surface area contributed by atoms with Crippen molar-refractivity contribution in [3.63, 3.8) is 0 Å². The second-order valence-electron chi connectivity index (χ2n) is 6.52. The van der Waals surface area contributed by atoms with Gasteiger partial charge in [0, 0.05) is 31.7 Å². The van der Waals surface area contributed by atoms with Gasteiger partial charge < -0.3 is 14.5 Å². The van der Waals surface area contributed by atoms with Crippen LogP contribution in [0.1, 0.15) is 47.7 Å². The fraction of sp³-hybridized carbons (Fsp3) is 0.579. The Kier molecular flexibility index (Phi) is 5.38. The topological polar surface area (TPSA) is 49.9 Å². The van der Waals surface area contributed by atoms with E-state index in [2.05, 4.69) is 12.1 Å². The maximum absolute atomic E-state index is 12.8. The summed E-state index contributed by atoms with van der Waals surface area (Å²) in [5.41, 5.74) is 3.50. The summed E-state index contributed by atoms with van der Waals surface area (Å²) in [6, 6.07) is 6.15.